The van der Waals surface area contributed by atoms with Gasteiger partial charge in [0.05, 0.1) is 6.04 Å². The third kappa shape index (κ3) is 2.63. The largest absolute Gasteiger partial charge is 0.350 e. The SMILES string of the molecule is CC.CC(=O)NC1CC(C)c2ccccc21. The lowest BCUT2D eigenvalue weighted by atomic mass is 10.0. The molecule has 1 N–H and O–H groups in total. The topological polar surface area (TPSA) is 29.1 Å². The molecule has 0 heterocycles. The van der Waals surface area contributed by atoms with E-state index in [1.807, 2.05) is 19.9 Å². The number of benzene rings is 1. The van der Waals surface area contributed by atoms with E-state index < -0.39 is 0 Å². The lowest BCUT2D eigenvalue weighted by Crippen LogP contribution is -2.24. The molecule has 2 rings (SSSR count). The van der Waals surface area contributed by atoms with E-state index in [9.17, 15) is 4.79 Å². The highest BCUT2D eigenvalue weighted by Gasteiger charge is 2.27. The van der Waals surface area contributed by atoms with Gasteiger partial charge in [-0.3, -0.25) is 4.79 Å². The second-order valence-corrected chi connectivity index (χ2v) is 4.02. The van der Waals surface area contributed by atoms with Crippen molar-refractivity contribution in [3.63, 3.8) is 0 Å². The number of hydrogen-bond donors (Lipinski definition) is 1. The summed E-state index contributed by atoms with van der Waals surface area (Å²) >= 11 is 0. The molecule has 2 nitrogen and oxygen atoms in total. The Labute approximate surface area is 98.1 Å². The van der Waals surface area contributed by atoms with Crippen molar-refractivity contribution in [3.8, 4) is 0 Å². The summed E-state index contributed by atoms with van der Waals surface area (Å²) in [6.07, 6.45) is 1.03. The molecule has 1 aliphatic rings. The Bertz CT molecular complexity index is 360. The van der Waals surface area contributed by atoms with Crippen LogP contribution >= 0.6 is 0 Å². The van der Waals surface area contributed by atoms with Gasteiger partial charge in [-0.2, -0.15) is 0 Å². The molecule has 16 heavy (non-hydrogen) atoms. The van der Waals surface area contributed by atoms with E-state index in [1.165, 1.54) is 11.1 Å². The Balaban J connectivity index is 0.000000606. The van der Waals surface area contributed by atoms with Crippen LogP contribution in [0.25, 0.3) is 0 Å². The third-order valence-corrected chi connectivity index (χ3v) is 2.87. The quantitative estimate of drug-likeness (QED) is 0.770. The molecule has 0 aliphatic heterocycles. The second-order valence-electron chi connectivity index (χ2n) is 4.02. The minimum absolute atomic E-state index is 0.0545. The smallest absolute Gasteiger partial charge is 0.217 e. The summed E-state index contributed by atoms with van der Waals surface area (Å²) in [5, 5.41) is 2.99. The number of nitrogens with one attached hydrogen (secondary N) is 1. The summed E-state index contributed by atoms with van der Waals surface area (Å²) in [7, 11) is 0. The predicted octanol–water partition coefficient (Wildman–Crippen LogP) is 3.40. The first-order chi connectivity index (χ1) is 7.68. The maximum atomic E-state index is 11.0. The van der Waals surface area contributed by atoms with Crippen molar-refractivity contribution in [2.45, 2.75) is 46.1 Å². The molecule has 0 spiro atoms. The molecule has 0 saturated heterocycles. The van der Waals surface area contributed by atoms with Crippen LogP contribution in [-0.4, -0.2) is 5.91 Å². The number of amides is 1. The van der Waals surface area contributed by atoms with E-state index in [0.717, 1.165) is 6.42 Å². The zero-order valence-electron chi connectivity index (χ0n) is 10.6. The van der Waals surface area contributed by atoms with Crippen LogP contribution in [0, 0.1) is 0 Å². The molecular weight excluding hydrogens is 198 g/mol. The van der Waals surface area contributed by atoms with Gasteiger partial charge in [-0.15, -0.1) is 0 Å². The maximum Gasteiger partial charge on any atom is 0.217 e. The summed E-state index contributed by atoms with van der Waals surface area (Å²) in [4.78, 5) is 11.0. The predicted molar refractivity (Wildman–Crippen MR) is 67.4 cm³/mol. The van der Waals surface area contributed by atoms with Gasteiger partial charge in [-0.1, -0.05) is 45.0 Å². The second kappa shape index (κ2) is 5.69. The van der Waals surface area contributed by atoms with E-state index in [-0.39, 0.29) is 11.9 Å². The normalized spacial score (nSPS) is 21.8. The monoisotopic (exact) mass is 219 g/mol. The van der Waals surface area contributed by atoms with E-state index in [1.54, 1.807) is 6.92 Å². The Hall–Kier alpha value is -1.31. The Morgan fingerprint density at radius 2 is 1.81 bits per heavy atom. The molecule has 2 heteroatoms. The minimum atomic E-state index is 0.0545. The van der Waals surface area contributed by atoms with Crippen molar-refractivity contribution >= 4 is 5.91 Å². The van der Waals surface area contributed by atoms with Crippen LogP contribution in [0.4, 0.5) is 0 Å². The minimum Gasteiger partial charge on any atom is -0.350 e. The van der Waals surface area contributed by atoms with Crippen LogP contribution in [0.3, 0.4) is 0 Å². The van der Waals surface area contributed by atoms with Gasteiger partial charge in [0.2, 0.25) is 5.91 Å². The molecule has 0 bridgehead atoms. The van der Waals surface area contributed by atoms with Crippen LogP contribution in [0.2, 0.25) is 0 Å². The number of carbonyl (C=O) groups excluding carboxylic acids is 1. The van der Waals surface area contributed by atoms with Crippen LogP contribution in [-0.2, 0) is 4.79 Å². The molecule has 1 aliphatic carbocycles. The van der Waals surface area contributed by atoms with Crippen molar-refractivity contribution in [2.75, 3.05) is 0 Å². The summed E-state index contributed by atoms with van der Waals surface area (Å²) in [5.41, 5.74) is 2.67. The van der Waals surface area contributed by atoms with Gasteiger partial charge >= 0.3 is 0 Å². The lowest BCUT2D eigenvalue weighted by molar-refractivity contribution is -0.119. The van der Waals surface area contributed by atoms with Gasteiger partial charge in [0.25, 0.3) is 0 Å². The highest BCUT2D eigenvalue weighted by molar-refractivity contribution is 5.73. The highest BCUT2D eigenvalue weighted by Crippen LogP contribution is 2.39. The first-order valence-electron chi connectivity index (χ1n) is 6.04. The van der Waals surface area contributed by atoms with Crippen LogP contribution < -0.4 is 5.32 Å². The van der Waals surface area contributed by atoms with Gasteiger partial charge in [0.1, 0.15) is 0 Å². The summed E-state index contributed by atoms with van der Waals surface area (Å²) in [6.45, 7) is 7.78. The Kier molecular flexibility index (Phi) is 4.53. The first kappa shape index (κ1) is 12.8. The van der Waals surface area contributed by atoms with Crippen LogP contribution in [0.1, 0.15) is 57.2 Å². The number of rotatable bonds is 1. The molecule has 2 atom stereocenters. The molecule has 1 aromatic rings. The average molecular weight is 219 g/mol. The van der Waals surface area contributed by atoms with Crippen molar-refractivity contribution in [3.05, 3.63) is 35.4 Å². The number of carbonyl (C=O) groups is 1. The van der Waals surface area contributed by atoms with E-state index in [0.29, 0.717) is 5.92 Å². The van der Waals surface area contributed by atoms with Gasteiger partial charge in [0, 0.05) is 6.92 Å². The van der Waals surface area contributed by atoms with Crippen LogP contribution in [0.5, 0.6) is 0 Å². The molecule has 0 aromatic heterocycles. The standard InChI is InChI=1S/C12H15NO.C2H6/c1-8-7-12(13-9(2)14)11-6-4-3-5-10(8)11;1-2/h3-6,8,12H,7H2,1-2H3,(H,13,14);1-2H3. The fraction of sp³-hybridized carbons (Fsp3) is 0.500. The molecular formula is C14H21NO. The number of hydrogen-bond acceptors (Lipinski definition) is 1. The van der Waals surface area contributed by atoms with Gasteiger partial charge in [-0.25, -0.2) is 0 Å². The van der Waals surface area contributed by atoms with Crippen molar-refractivity contribution in [1.29, 1.82) is 0 Å². The molecule has 0 fully saturated rings. The fourth-order valence-corrected chi connectivity index (χ4v) is 2.27. The Morgan fingerprint density at radius 3 is 2.38 bits per heavy atom. The molecule has 2 unspecified atom stereocenters. The zero-order chi connectivity index (χ0) is 12.1. The summed E-state index contributed by atoms with van der Waals surface area (Å²) in [5.74, 6) is 0.613. The van der Waals surface area contributed by atoms with Gasteiger partial charge in [0.15, 0.2) is 0 Å². The molecule has 1 amide bonds. The zero-order valence-corrected chi connectivity index (χ0v) is 10.6. The van der Waals surface area contributed by atoms with Crippen molar-refractivity contribution in [1.82, 2.24) is 5.32 Å². The molecule has 88 valence electrons. The Morgan fingerprint density at radius 1 is 1.25 bits per heavy atom. The van der Waals surface area contributed by atoms with Crippen LogP contribution in [0.15, 0.2) is 24.3 Å². The van der Waals surface area contributed by atoms with Crippen molar-refractivity contribution in [2.24, 2.45) is 0 Å². The van der Waals surface area contributed by atoms with E-state index in [4.69, 9.17) is 0 Å². The molecule has 0 radical (unpaired) electrons. The van der Waals surface area contributed by atoms with Gasteiger partial charge < -0.3 is 5.32 Å². The number of fused-ring (bicyclic) bond motifs is 1. The molecule has 1 aromatic carbocycles. The summed E-state index contributed by atoms with van der Waals surface area (Å²) < 4.78 is 0. The van der Waals surface area contributed by atoms with Crippen molar-refractivity contribution < 1.29 is 4.79 Å². The third-order valence-electron chi connectivity index (χ3n) is 2.87. The lowest BCUT2D eigenvalue weighted by Gasteiger charge is -2.11. The van der Waals surface area contributed by atoms with E-state index >= 15 is 0 Å². The fourth-order valence-electron chi connectivity index (χ4n) is 2.27. The summed E-state index contributed by atoms with van der Waals surface area (Å²) in [6, 6.07) is 8.58. The van der Waals surface area contributed by atoms with E-state index in [2.05, 4.69) is 30.4 Å². The maximum absolute atomic E-state index is 11.0. The van der Waals surface area contributed by atoms with Gasteiger partial charge in [-0.05, 0) is 23.5 Å². The molecule has 0 saturated carbocycles. The first-order valence-corrected chi connectivity index (χ1v) is 6.04. The highest BCUT2D eigenvalue weighted by atomic mass is 16.1. The average Bonchev–Trinajstić information content (AvgIpc) is 2.59.